The van der Waals surface area contributed by atoms with Gasteiger partial charge in [0.25, 0.3) is 0 Å². The van der Waals surface area contributed by atoms with E-state index >= 15 is 0 Å². The van der Waals surface area contributed by atoms with Crippen LogP contribution in [0.1, 0.15) is 67.6 Å². The molecule has 0 aromatic heterocycles. The van der Waals surface area contributed by atoms with Crippen LogP contribution in [0, 0.1) is 11.7 Å². The lowest BCUT2D eigenvalue weighted by Crippen LogP contribution is -2.48. The van der Waals surface area contributed by atoms with E-state index in [0.29, 0.717) is 0 Å². The zero-order valence-corrected chi connectivity index (χ0v) is 17.7. The summed E-state index contributed by atoms with van der Waals surface area (Å²) >= 11 is 0. The topological polar surface area (TPSA) is 29.3 Å². The van der Waals surface area contributed by atoms with Crippen molar-refractivity contribution in [3.8, 4) is 0 Å². The van der Waals surface area contributed by atoms with Crippen LogP contribution in [0.4, 0.5) is 4.39 Å². The SMILES string of the molecule is CN1CCC(Cc2cccc(C(c3ccccc3F)C3(N)CCCCC3)c2)CC1. The summed E-state index contributed by atoms with van der Waals surface area (Å²) < 4.78 is 14.9. The minimum atomic E-state index is -0.368. The molecule has 1 heterocycles. The molecule has 3 heteroatoms. The summed E-state index contributed by atoms with van der Waals surface area (Å²) in [4.78, 5) is 2.42. The highest BCUT2D eigenvalue weighted by molar-refractivity contribution is 5.39. The van der Waals surface area contributed by atoms with E-state index < -0.39 is 0 Å². The Morgan fingerprint density at radius 2 is 1.76 bits per heavy atom. The predicted molar refractivity (Wildman–Crippen MR) is 119 cm³/mol. The molecule has 156 valence electrons. The van der Waals surface area contributed by atoms with Gasteiger partial charge in [-0.3, -0.25) is 0 Å². The molecule has 1 atom stereocenters. The van der Waals surface area contributed by atoms with Gasteiger partial charge in [0.2, 0.25) is 0 Å². The van der Waals surface area contributed by atoms with E-state index in [1.54, 1.807) is 12.1 Å². The molecule has 0 spiro atoms. The van der Waals surface area contributed by atoms with Crippen LogP contribution in [0.25, 0.3) is 0 Å². The lowest BCUT2D eigenvalue weighted by molar-refractivity contribution is 0.219. The molecule has 1 saturated carbocycles. The maximum atomic E-state index is 14.9. The van der Waals surface area contributed by atoms with Crippen LogP contribution in [0.2, 0.25) is 0 Å². The van der Waals surface area contributed by atoms with E-state index in [2.05, 4.69) is 36.2 Å². The molecule has 2 aromatic rings. The Morgan fingerprint density at radius 3 is 2.48 bits per heavy atom. The van der Waals surface area contributed by atoms with Gasteiger partial charge < -0.3 is 10.6 Å². The second-order valence-corrected chi connectivity index (χ2v) is 9.44. The highest BCUT2D eigenvalue weighted by Gasteiger charge is 2.39. The smallest absolute Gasteiger partial charge is 0.127 e. The molecule has 2 fully saturated rings. The third kappa shape index (κ3) is 4.73. The summed E-state index contributed by atoms with van der Waals surface area (Å²) in [5.74, 6) is 0.532. The molecule has 1 saturated heterocycles. The highest BCUT2D eigenvalue weighted by Crippen LogP contribution is 2.43. The van der Waals surface area contributed by atoms with Crippen LogP contribution in [0.5, 0.6) is 0 Å². The van der Waals surface area contributed by atoms with E-state index in [-0.39, 0.29) is 17.3 Å². The highest BCUT2D eigenvalue weighted by atomic mass is 19.1. The van der Waals surface area contributed by atoms with Crippen molar-refractivity contribution in [2.24, 2.45) is 11.7 Å². The number of benzene rings is 2. The first-order valence-corrected chi connectivity index (χ1v) is 11.4. The van der Waals surface area contributed by atoms with Gasteiger partial charge in [-0.25, -0.2) is 4.39 Å². The van der Waals surface area contributed by atoms with E-state index in [9.17, 15) is 4.39 Å². The standard InChI is InChI=1S/C26H35FN2/c1-29-16-12-20(13-17-29)18-21-8-7-9-22(19-21)25(23-10-3-4-11-24(23)27)26(28)14-5-2-6-15-26/h3-4,7-11,19-20,25H,2,5-6,12-18,28H2,1H3. The monoisotopic (exact) mass is 394 g/mol. The van der Waals surface area contributed by atoms with Crippen molar-refractivity contribution in [1.82, 2.24) is 4.90 Å². The van der Waals surface area contributed by atoms with Crippen molar-refractivity contribution in [2.45, 2.75) is 62.8 Å². The number of rotatable bonds is 5. The average molecular weight is 395 g/mol. The van der Waals surface area contributed by atoms with E-state index in [1.165, 1.54) is 43.5 Å². The molecule has 0 bridgehead atoms. The first-order chi connectivity index (χ1) is 14.0. The van der Waals surface area contributed by atoms with E-state index in [1.807, 2.05) is 12.1 Å². The molecule has 0 amide bonds. The molecular weight excluding hydrogens is 359 g/mol. The molecular formula is C26H35FN2. The van der Waals surface area contributed by atoms with Crippen molar-refractivity contribution in [3.63, 3.8) is 0 Å². The maximum Gasteiger partial charge on any atom is 0.127 e. The molecule has 2 aromatic carbocycles. The summed E-state index contributed by atoms with van der Waals surface area (Å²) in [6.45, 7) is 2.38. The van der Waals surface area contributed by atoms with Gasteiger partial charge >= 0.3 is 0 Å². The van der Waals surface area contributed by atoms with Crippen molar-refractivity contribution in [1.29, 1.82) is 0 Å². The molecule has 2 nitrogen and oxygen atoms in total. The van der Waals surface area contributed by atoms with Crippen molar-refractivity contribution in [3.05, 3.63) is 71.0 Å². The largest absolute Gasteiger partial charge is 0.324 e. The lowest BCUT2D eigenvalue weighted by Gasteiger charge is -2.41. The fourth-order valence-electron chi connectivity index (χ4n) is 5.53. The minimum Gasteiger partial charge on any atom is -0.324 e. The number of piperidine rings is 1. The average Bonchev–Trinajstić information content (AvgIpc) is 2.72. The van der Waals surface area contributed by atoms with Gasteiger partial charge in [0.15, 0.2) is 0 Å². The van der Waals surface area contributed by atoms with Crippen LogP contribution >= 0.6 is 0 Å². The number of hydrogen-bond acceptors (Lipinski definition) is 2. The van der Waals surface area contributed by atoms with E-state index in [4.69, 9.17) is 5.73 Å². The third-order valence-electron chi connectivity index (χ3n) is 7.22. The van der Waals surface area contributed by atoms with Crippen LogP contribution in [0.3, 0.4) is 0 Å². The maximum absolute atomic E-state index is 14.9. The zero-order chi connectivity index (χ0) is 20.3. The number of hydrogen-bond donors (Lipinski definition) is 1. The Balaban J connectivity index is 1.65. The molecule has 2 aliphatic rings. The lowest BCUT2D eigenvalue weighted by atomic mass is 9.68. The Bertz CT molecular complexity index is 804. The van der Waals surface area contributed by atoms with E-state index in [0.717, 1.165) is 43.6 Å². The Morgan fingerprint density at radius 1 is 1.03 bits per heavy atom. The molecule has 2 N–H and O–H groups in total. The van der Waals surface area contributed by atoms with Gasteiger partial charge in [-0.05, 0) is 80.9 Å². The quantitative estimate of drug-likeness (QED) is 0.725. The third-order valence-corrected chi connectivity index (χ3v) is 7.22. The van der Waals surface area contributed by atoms with Crippen molar-refractivity contribution >= 4 is 0 Å². The van der Waals surface area contributed by atoms with Crippen LogP contribution < -0.4 is 5.73 Å². The molecule has 4 rings (SSSR count). The number of nitrogens with zero attached hydrogens (tertiary/aromatic N) is 1. The Hall–Kier alpha value is -1.71. The summed E-state index contributed by atoms with van der Waals surface area (Å²) in [6.07, 6.45) is 9.07. The first kappa shape index (κ1) is 20.6. The van der Waals surface area contributed by atoms with Gasteiger partial charge in [0.05, 0.1) is 0 Å². The fraction of sp³-hybridized carbons (Fsp3) is 0.538. The van der Waals surface area contributed by atoms with Crippen LogP contribution in [0.15, 0.2) is 48.5 Å². The van der Waals surface area contributed by atoms with Crippen LogP contribution in [-0.4, -0.2) is 30.6 Å². The molecule has 1 unspecified atom stereocenters. The molecule has 0 radical (unpaired) electrons. The fourth-order valence-corrected chi connectivity index (χ4v) is 5.53. The van der Waals surface area contributed by atoms with Crippen molar-refractivity contribution in [2.75, 3.05) is 20.1 Å². The molecule has 1 aliphatic heterocycles. The minimum absolute atomic E-state index is 0.0820. The van der Waals surface area contributed by atoms with Gasteiger partial charge in [0, 0.05) is 11.5 Å². The van der Waals surface area contributed by atoms with Gasteiger partial charge in [-0.1, -0.05) is 61.7 Å². The number of nitrogens with two attached hydrogens (primary N) is 1. The summed E-state index contributed by atoms with van der Waals surface area (Å²) in [5, 5.41) is 0. The summed E-state index contributed by atoms with van der Waals surface area (Å²) in [5.41, 5.74) is 9.96. The van der Waals surface area contributed by atoms with Crippen molar-refractivity contribution < 1.29 is 4.39 Å². The van der Waals surface area contributed by atoms with Gasteiger partial charge in [-0.15, -0.1) is 0 Å². The van der Waals surface area contributed by atoms with Gasteiger partial charge in [0.1, 0.15) is 5.82 Å². The van der Waals surface area contributed by atoms with Crippen LogP contribution in [-0.2, 0) is 6.42 Å². The normalized spacial score (nSPS) is 21.8. The Kier molecular flexibility index (Phi) is 6.36. The number of likely N-dealkylation sites (tertiary alicyclic amines) is 1. The molecule has 1 aliphatic carbocycles. The van der Waals surface area contributed by atoms with Gasteiger partial charge in [-0.2, -0.15) is 0 Å². The molecule has 29 heavy (non-hydrogen) atoms. The second-order valence-electron chi connectivity index (χ2n) is 9.44. The Labute approximate surface area is 175 Å². The predicted octanol–water partition coefficient (Wildman–Crippen LogP) is 5.50. The first-order valence-electron chi connectivity index (χ1n) is 11.4. The number of halogens is 1. The summed E-state index contributed by atoms with van der Waals surface area (Å²) in [7, 11) is 2.21. The second kappa shape index (κ2) is 8.97. The summed E-state index contributed by atoms with van der Waals surface area (Å²) in [6, 6.07) is 16.1. The zero-order valence-electron chi connectivity index (χ0n) is 17.7.